The average molecular weight is 505 g/mol. The van der Waals surface area contributed by atoms with Gasteiger partial charge in [-0.15, -0.1) is 0 Å². The van der Waals surface area contributed by atoms with Crippen molar-refractivity contribution in [3.05, 3.63) is 12.2 Å². The summed E-state index contributed by atoms with van der Waals surface area (Å²) in [7, 11) is 1.57. The Morgan fingerprint density at radius 3 is 2.28 bits per heavy atom. The van der Waals surface area contributed by atoms with Crippen LogP contribution in [0.5, 0.6) is 0 Å². The van der Waals surface area contributed by atoms with Crippen LogP contribution in [-0.4, -0.2) is 62.0 Å². The molecule has 5 aliphatic rings. The molecule has 0 N–H and O–H groups in total. The van der Waals surface area contributed by atoms with Crippen molar-refractivity contribution in [2.75, 3.05) is 13.7 Å². The van der Waals surface area contributed by atoms with E-state index < -0.39 is 70.6 Å². The van der Waals surface area contributed by atoms with Gasteiger partial charge in [-0.3, -0.25) is 19.2 Å². The fourth-order valence-electron chi connectivity index (χ4n) is 9.10. The molecule has 1 spiro atoms. The molecule has 4 aliphatic carbocycles. The molecule has 10 atom stereocenters. The quantitative estimate of drug-likeness (QED) is 0.324. The lowest BCUT2D eigenvalue weighted by Crippen LogP contribution is -2.75. The highest BCUT2D eigenvalue weighted by Crippen LogP contribution is 2.74. The molecule has 9 heteroatoms. The molecule has 198 valence electrons. The summed E-state index contributed by atoms with van der Waals surface area (Å²) in [6.45, 7) is 10.5. The van der Waals surface area contributed by atoms with Crippen LogP contribution in [0.25, 0.3) is 0 Å². The number of rotatable bonds is 4. The van der Waals surface area contributed by atoms with E-state index >= 15 is 0 Å². The van der Waals surface area contributed by atoms with E-state index in [0.717, 1.165) is 19.3 Å². The van der Waals surface area contributed by atoms with Crippen molar-refractivity contribution in [3.63, 3.8) is 0 Å². The number of hydrogen-bond acceptors (Lipinski definition) is 9. The molecule has 36 heavy (non-hydrogen) atoms. The molecule has 0 radical (unpaired) electrons. The van der Waals surface area contributed by atoms with E-state index in [1.165, 1.54) is 20.8 Å². The first-order valence-electron chi connectivity index (χ1n) is 12.8. The van der Waals surface area contributed by atoms with Gasteiger partial charge in [-0.05, 0) is 37.2 Å². The van der Waals surface area contributed by atoms with Crippen LogP contribution in [0, 0.1) is 34.0 Å². The zero-order chi connectivity index (χ0) is 26.2. The van der Waals surface area contributed by atoms with Gasteiger partial charge < -0.3 is 23.7 Å². The van der Waals surface area contributed by atoms with Crippen LogP contribution in [0.3, 0.4) is 0 Å². The summed E-state index contributed by atoms with van der Waals surface area (Å²) in [6, 6.07) is 0. The third-order valence-electron chi connectivity index (χ3n) is 10.0. The Bertz CT molecular complexity index is 1020. The van der Waals surface area contributed by atoms with Crippen molar-refractivity contribution in [1.82, 2.24) is 0 Å². The minimum atomic E-state index is -1.24. The molecule has 0 aromatic carbocycles. The Morgan fingerprint density at radius 2 is 1.67 bits per heavy atom. The van der Waals surface area contributed by atoms with Crippen molar-refractivity contribution in [2.45, 2.75) is 84.4 Å². The number of methoxy groups -OCH3 is 1. The van der Waals surface area contributed by atoms with Crippen LogP contribution >= 0.6 is 0 Å². The van der Waals surface area contributed by atoms with Gasteiger partial charge in [-0.2, -0.15) is 0 Å². The Balaban J connectivity index is 1.72. The number of esters is 3. The summed E-state index contributed by atoms with van der Waals surface area (Å²) >= 11 is 0. The Hall–Kier alpha value is -2.26. The van der Waals surface area contributed by atoms with Gasteiger partial charge in [0.25, 0.3) is 0 Å². The van der Waals surface area contributed by atoms with Crippen LogP contribution in [0.1, 0.15) is 59.8 Å². The van der Waals surface area contributed by atoms with Gasteiger partial charge in [0.15, 0.2) is 5.78 Å². The van der Waals surface area contributed by atoms with Crippen LogP contribution in [0.15, 0.2) is 12.2 Å². The molecule has 9 nitrogen and oxygen atoms in total. The third kappa shape index (κ3) is 3.14. The molecular weight excluding hydrogens is 468 g/mol. The van der Waals surface area contributed by atoms with Gasteiger partial charge >= 0.3 is 17.9 Å². The van der Waals surface area contributed by atoms with Crippen molar-refractivity contribution < 1.29 is 42.9 Å². The van der Waals surface area contributed by atoms with Gasteiger partial charge in [0.1, 0.15) is 17.6 Å². The van der Waals surface area contributed by atoms with E-state index in [0.29, 0.717) is 18.4 Å². The largest absolute Gasteiger partial charge is 0.462 e. The first kappa shape index (κ1) is 25.4. The zero-order valence-corrected chi connectivity index (χ0v) is 21.7. The average Bonchev–Trinajstić information content (AvgIpc) is 2.91. The summed E-state index contributed by atoms with van der Waals surface area (Å²) in [5.41, 5.74) is -1.94. The first-order chi connectivity index (χ1) is 16.9. The number of ketones is 1. The molecule has 4 saturated carbocycles. The van der Waals surface area contributed by atoms with E-state index in [9.17, 15) is 19.2 Å². The van der Waals surface area contributed by atoms with E-state index in [2.05, 4.69) is 13.5 Å². The minimum Gasteiger partial charge on any atom is -0.462 e. The number of Topliss-reactive ketones (excluding diaryl/α,β-unsaturated/α-hetero) is 1. The van der Waals surface area contributed by atoms with E-state index in [4.69, 9.17) is 23.7 Å². The molecule has 1 aliphatic heterocycles. The number of fused-ring (bicyclic) bond motifs is 1. The third-order valence-corrected chi connectivity index (χ3v) is 10.0. The maximum Gasteiger partial charge on any atom is 0.304 e. The van der Waals surface area contributed by atoms with Gasteiger partial charge in [-0.1, -0.05) is 19.9 Å². The van der Waals surface area contributed by atoms with E-state index in [1.54, 1.807) is 7.11 Å². The second-order valence-electron chi connectivity index (χ2n) is 11.6. The van der Waals surface area contributed by atoms with E-state index in [-0.39, 0.29) is 18.3 Å². The second kappa shape index (κ2) is 8.38. The molecule has 1 saturated heterocycles. The monoisotopic (exact) mass is 504 g/mol. The molecule has 0 aromatic rings. The van der Waals surface area contributed by atoms with Crippen molar-refractivity contribution in [2.24, 2.45) is 34.0 Å². The topological polar surface area (TPSA) is 114 Å². The maximum atomic E-state index is 14.2. The summed E-state index contributed by atoms with van der Waals surface area (Å²) in [4.78, 5) is 50.8. The lowest BCUT2D eigenvalue weighted by atomic mass is 9.37. The van der Waals surface area contributed by atoms with Crippen molar-refractivity contribution in [3.8, 4) is 0 Å². The zero-order valence-electron chi connectivity index (χ0n) is 21.7. The first-order valence-corrected chi connectivity index (χ1v) is 12.8. The SMILES string of the molecule is C=C1C(=O)C23C(OC)CC4C5(C)CCCC4(COC5OC(C)=O)C2C(OC(C)=O)CC1C3OC(C)=O. The maximum absolute atomic E-state index is 14.2. The molecule has 0 aromatic heterocycles. The number of carbonyl (C=O) groups excluding carboxylic acids is 4. The van der Waals surface area contributed by atoms with Gasteiger partial charge in [0.05, 0.1) is 12.7 Å². The lowest BCUT2D eigenvalue weighted by molar-refractivity contribution is -0.346. The molecule has 1 heterocycles. The fraction of sp³-hybridized carbons (Fsp3) is 0.778. The Kier molecular flexibility index (Phi) is 5.91. The van der Waals surface area contributed by atoms with Gasteiger partial charge in [-0.25, -0.2) is 0 Å². The number of carbonyl (C=O) groups is 4. The molecule has 0 amide bonds. The molecule has 4 bridgehead atoms. The molecule has 10 unspecified atom stereocenters. The standard InChI is InChI=1S/C27H36O9/c1-13-17-10-18(34-14(2)28)21-26-9-7-8-25(5,24(33-12-26)36-16(4)30)19(26)11-20(32-6)27(21,22(13)31)23(17)35-15(3)29/h17-21,23-24H,1,7-12H2,2-6H3. The summed E-state index contributed by atoms with van der Waals surface area (Å²) < 4.78 is 30.0. The van der Waals surface area contributed by atoms with Crippen molar-refractivity contribution >= 4 is 23.7 Å². The highest BCUT2D eigenvalue weighted by Gasteiger charge is 2.80. The fourth-order valence-corrected chi connectivity index (χ4v) is 9.10. The molecule has 5 rings (SSSR count). The lowest BCUT2D eigenvalue weighted by Gasteiger charge is -2.70. The van der Waals surface area contributed by atoms with Crippen LogP contribution in [0.2, 0.25) is 0 Å². The van der Waals surface area contributed by atoms with Crippen molar-refractivity contribution in [1.29, 1.82) is 0 Å². The van der Waals surface area contributed by atoms with Gasteiger partial charge in [0.2, 0.25) is 6.29 Å². The summed E-state index contributed by atoms with van der Waals surface area (Å²) in [5.74, 6) is -2.50. The smallest absolute Gasteiger partial charge is 0.304 e. The number of hydrogen-bond donors (Lipinski definition) is 0. The van der Waals surface area contributed by atoms with Gasteiger partial charge in [0, 0.05) is 50.5 Å². The molecular formula is C27H36O9. The van der Waals surface area contributed by atoms with Crippen LogP contribution in [-0.2, 0) is 42.9 Å². The number of ether oxygens (including phenoxy) is 5. The highest BCUT2D eigenvalue weighted by atomic mass is 16.7. The Labute approximate surface area is 211 Å². The molecule has 5 fully saturated rings. The second-order valence-corrected chi connectivity index (χ2v) is 11.6. The van der Waals surface area contributed by atoms with Crippen LogP contribution in [0.4, 0.5) is 0 Å². The van der Waals surface area contributed by atoms with Crippen LogP contribution < -0.4 is 0 Å². The normalized spacial score (nSPS) is 46.9. The Morgan fingerprint density at radius 1 is 1.00 bits per heavy atom. The summed E-state index contributed by atoms with van der Waals surface area (Å²) in [6.07, 6.45) is 0.519. The summed E-state index contributed by atoms with van der Waals surface area (Å²) in [5, 5.41) is 0. The predicted octanol–water partition coefficient (Wildman–Crippen LogP) is 2.74. The van der Waals surface area contributed by atoms with E-state index in [1.807, 2.05) is 0 Å². The highest BCUT2D eigenvalue weighted by molar-refractivity contribution is 6.05. The minimum absolute atomic E-state index is 0.0355. The predicted molar refractivity (Wildman–Crippen MR) is 124 cm³/mol.